The van der Waals surface area contributed by atoms with E-state index in [1.54, 1.807) is 6.20 Å². The highest BCUT2D eigenvalue weighted by Gasteiger charge is 2.45. The maximum Gasteiger partial charge on any atom is 0.410 e. The van der Waals surface area contributed by atoms with Crippen LogP contribution < -0.4 is 4.90 Å². The number of hydrogen-bond donors (Lipinski definition) is 0. The van der Waals surface area contributed by atoms with Gasteiger partial charge in [-0.2, -0.15) is 0 Å². The van der Waals surface area contributed by atoms with Gasteiger partial charge in [0.1, 0.15) is 11.4 Å². The third-order valence-electron chi connectivity index (χ3n) is 5.41. The lowest BCUT2D eigenvalue weighted by Crippen LogP contribution is -2.57. The van der Waals surface area contributed by atoms with Crippen molar-refractivity contribution in [3.05, 3.63) is 26.4 Å². The Morgan fingerprint density at radius 3 is 2.52 bits per heavy atom. The second-order valence-electron chi connectivity index (χ2n) is 8.66. The third kappa shape index (κ3) is 3.73. The minimum Gasteiger partial charge on any atom is -0.444 e. The van der Waals surface area contributed by atoms with Gasteiger partial charge in [-0.1, -0.05) is 11.6 Å². The molecule has 0 saturated carbocycles. The van der Waals surface area contributed by atoms with E-state index in [0.717, 1.165) is 22.1 Å². The molecule has 9 heteroatoms. The molecule has 2 aliphatic heterocycles. The zero-order chi connectivity index (χ0) is 21.1. The first kappa shape index (κ1) is 20.8. The number of piperazine rings is 1. The Hall–Kier alpha value is -1.42. The van der Waals surface area contributed by atoms with Crippen LogP contribution in [0.4, 0.5) is 15.0 Å². The van der Waals surface area contributed by atoms with Gasteiger partial charge in [0.25, 0.3) is 0 Å². The van der Waals surface area contributed by atoms with Gasteiger partial charge in [-0.15, -0.1) is 0 Å². The van der Waals surface area contributed by atoms with Crippen LogP contribution in [0.5, 0.6) is 0 Å². The average molecular weight is 533 g/mol. The highest BCUT2D eigenvalue weighted by Crippen LogP contribution is 2.38. The van der Waals surface area contributed by atoms with Gasteiger partial charge in [0.05, 0.1) is 17.8 Å². The van der Waals surface area contributed by atoms with Gasteiger partial charge >= 0.3 is 6.09 Å². The molecular formula is C20H23ClFIN4O2. The van der Waals surface area contributed by atoms with Gasteiger partial charge in [-0.05, 0) is 63.1 Å². The molecule has 2 aliphatic rings. The number of pyridine rings is 2. The number of halogens is 3. The number of nitrogens with zero attached hydrogens (tertiary/aromatic N) is 4. The van der Waals surface area contributed by atoms with Crippen molar-refractivity contribution in [2.45, 2.75) is 58.2 Å². The van der Waals surface area contributed by atoms with Gasteiger partial charge in [-0.3, -0.25) is 4.90 Å². The summed E-state index contributed by atoms with van der Waals surface area (Å²) in [6.07, 6.45) is 3.16. The van der Waals surface area contributed by atoms with Crippen molar-refractivity contribution < 1.29 is 13.9 Å². The first-order valence-electron chi connectivity index (χ1n) is 9.63. The molecule has 29 heavy (non-hydrogen) atoms. The summed E-state index contributed by atoms with van der Waals surface area (Å²) in [5, 5.41) is 0.962. The van der Waals surface area contributed by atoms with E-state index in [1.165, 1.54) is 0 Å². The second-order valence-corrected chi connectivity index (χ2v) is 10.1. The molecule has 2 unspecified atom stereocenters. The monoisotopic (exact) mass is 532 g/mol. The number of fused-ring (bicyclic) bond motifs is 3. The van der Waals surface area contributed by atoms with Crippen molar-refractivity contribution in [1.82, 2.24) is 14.9 Å². The Morgan fingerprint density at radius 1 is 1.31 bits per heavy atom. The van der Waals surface area contributed by atoms with E-state index in [9.17, 15) is 9.18 Å². The first-order chi connectivity index (χ1) is 13.6. The molecule has 2 aromatic heterocycles. The standard InChI is InChI=1S/C20H23ClFIN4O2/c1-10-16(23)14-13(7-24-17(21)15(14)22)18(25-10)26-8-11-5-6-12(9-26)27(11)19(28)29-20(2,3)4/h7,11-12H,5-6,8-9H2,1-4H3. The molecule has 0 aliphatic carbocycles. The molecule has 2 fully saturated rings. The van der Waals surface area contributed by atoms with Crippen LogP contribution in [0, 0.1) is 16.3 Å². The van der Waals surface area contributed by atoms with Gasteiger partial charge in [0, 0.05) is 33.6 Å². The van der Waals surface area contributed by atoms with E-state index in [2.05, 4.69) is 32.5 Å². The molecule has 2 atom stereocenters. The molecular weight excluding hydrogens is 510 g/mol. The van der Waals surface area contributed by atoms with E-state index in [1.807, 2.05) is 32.6 Å². The number of aromatic nitrogens is 2. The fourth-order valence-corrected chi connectivity index (χ4v) is 5.02. The van der Waals surface area contributed by atoms with Crippen LogP contribution in [-0.4, -0.2) is 51.7 Å². The Bertz CT molecular complexity index is 975. The molecule has 6 nitrogen and oxygen atoms in total. The minimum absolute atomic E-state index is 0.0464. The molecule has 2 saturated heterocycles. The van der Waals surface area contributed by atoms with E-state index in [-0.39, 0.29) is 23.3 Å². The van der Waals surface area contributed by atoms with E-state index in [4.69, 9.17) is 21.3 Å². The maximum atomic E-state index is 14.8. The molecule has 2 aromatic rings. The van der Waals surface area contributed by atoms with Gasteiger partial charge in [-0.25, -0.2) is 19.2 Å². The lowest BCUT2D eigenvalue weighted by molar-refractivity contribution is 0.0123. The lowest BCUT2D eigenvalue weighted by atomic mass is 10.1. The minimum atomic E-state index is -0.527. The van der Waals surface area contributed by atoms with Crippen LogP contribution in [-0.2, 0) is 4.74 Å². The second kappa shape index (κ2) is 7.37. The van der Waals surface area contributed by atoms with Crippen molar-refractivity contribution in [1.29, 1.82) is 0 Å². The predicted molar refractivity (Wildman–Crippen MR) is 119 cm³/mol. The molecule has 0 radical (unpaired) electrons. The van der Waals surface area contributed by atoms with Crippen molar-refractivity contribution >= 4 is 56.9 Å². The summed E-state index contributed by atoms with van der Waals surface area (Å²) >= 11 is 8.03. The first-order valence-corrected chi connectivity index (χ1v) is 11.1. The van der Waals surface area contributed by atoms with Gasteiger partial charge in [0.2, 0.25) is 0 Å². The Balaban J connectivity index is 1.69. The zero-order valence-electron chi connectivity index (χ0n) is 16.8. The number of hydrogen-bond acceptors (Lipinski definition) is 5. The molecule has 0 spiro atoms. The fraction of sp³-hybridized carbons (Fsp3) is 0.550. The van der Waals surface area contributed by atoms with Crippen molar-refractivity contribution in [2.24, 2.45) is 0 Å². The van der Waals surface area contributed by atoms with Crippen molar-refractivity contribution in [3.63, 3.8) is 0 Å². The van der Waals surface area contributed by atoms with E-state index >= 15 is 0 Å². The number of ether oxygens (including phenoxy) is 1. The van der Waals surface area contributed by atoms with E-state index < -0.39 is 11.4 Å². The summed E-state index contributed by atoms with van der Waals surface area (Å²) in [5.74, 6) is 0.178. The molecule has 2 bridgehead atoms. The summed E-state index contributed by atoms with van der Waals surface area (Å²) in [4.78, 5) is 25.5. The largest absolute Gasteiger partial charge is 0.444 e. The molecule has 4 rings (SSSR count). The molecule has 1 amide bonds. The highest BCUT2D eigenvalue weighted by atomic mass is 127. The smallest absolute Gasteiger partial charge is 0.410 e. The summed E-state index contributed by atoms with van der Waals surface area (Å²) in [6, 6.07) is 0.0929. The summed E-state index contributed by atoms with van der Waals surface area (Å²) in [7, 11) is 0. The van der Waals surface area contributed by atoms with Crippen LogP contribution in [0.1, 0.15) is 39.3 Å². The highest BCUT2D eigenvalue weighted by molar-refractivity contribution is 14.1. The van der Waals surface area contributed by atoms with Crippen molar-refractivity contribution in [3.8, 4) is 0 Å². The predicted octanol–water partition coefficient (Wildman–Crippen LogP) is 4.92. The fourth-order valence-electron chi connectivity index (χ4n) is 4.23. The van der Waals surface area contributed by atoms with Crippen LogP contribution in [0.3, 0.4) is 0 Å². The number of anilines is 1. The van der Waals surface area contributed by atoms with Crippen molar-refractivity contribution in [2.75, 3.05) is 18.0 Å². The Labute approximate surface area is 187 Å². The van der Waals surface area contributed by atoms with Crippen LogP contribution in [0.25, 0.3) is 10.8 Å². The normalized spacial score (nSPS) is 21.8. The third-order valence-corrected chi connectivity index (χ3v) is 7.00. The van der Waals surface area contributed by atoms with Crippen LogP contribution in [0.2, 0.25) is 5.15 Å². The molecule has 0 aromatic carbocycles. The Kier molecular flexibility index (Phi) is 5.30. The summed E-state index contributed by atoms with van der Waals surface area (Å²) < 4.78 is 21.1. The van der Waals surface area contributed by atoms with Crippen LogP contribution >= 0.6 is 34.2 Å². The van der Waals surface area contributed by atoms with Crippen LogP contribution in [0.15, 0.2) is 6.20 Å². The zero-order valence-corrected chi connectivity index (χ0v) is 19.7. The number of carbonyl (C=O) groups excluding carboxylic acids is 1. The quantitative estimate of drug-likeness (QED) is 0.385. The molecule has 0 N–H and O–H groups in total. The van der Waals surface area contributed by atoms with Gasteiger partial charge in [0.15, 0.2) is 11.0 Å². The molecule has 156 valence electrons. The number of aryl methyl sites for hydroxylation is 1. The maximum absolute atomic E-state index is 14.8. The number of rotatable bonds is 1. The van der Waals surface area contributed by atoms with Gasteiger partial charge < -0.3 is 9.64 Å². The SMILES string of the molecule is Cc1nc(N2CC3CCC(C2)N3C(=O)OC(C)(C)C)c2cnc(Cl)c(F)c2c1I. The number of amides is 1. The Morgan fingerprint density at radius 2 is 1.93 bits per heavy atom. The topological polar surface area (TPSA) is 58.6 Å². The summed E-state index contributed by atoms with van der Waals surface area (Å²) in [5.41, 5.74) is 0.220. The summed E-state index contributed by atoms with van der Waals surface area (Å²) in [6.45, 7) is 8.74. The number of carbonyl (C=O) groups is 1. The lowest BCUT2D eigenvalue weighted by Gasteiger charge is -2.42. The average Bonchev–Trinajstić information content (AvgIpc) is 2.89. The van der Waals surface area contributed by atoms with E-state index in [0.29, 0.717) is 29.7 Å². The molecule has 4 heterocycles.